The molecular weight excluding hydrogens is 250 g/mol. The first kappa shape index (κ1) is 13.8. The first-order valence-electron chi connectivity index (χ1n) is 7.77. The summed E-state index contributed by atoms with van der Waals surface area (Å²) in [6, 6.07) is 5.56. The van der Waals surface area contributed by atoms with Gasteiger partial charge in [-0.05, 0) is 25.0 Å². The third-order valence-corrected chi connectivity index (χ3v) is 4.10. The van der Waals surface area contributed by atoms with Gasteiger partial charge in [0.25, 0.3) is 0 Å². The number of anilines is 1. The number of aromatic nitrogens is 2. The van der Waals surface area contributed by atoms with Gasteiger partial charge in [0.05, 0.1) is 5.69 Å². The molecule has 2 aliphatic rings. The Balaban J connectivity index is 1.52. The molecule has 0 unspecified atom stereocenters. The van der Waals surface area contributed by atoms with Gasteiger partial charge in [-0.25, -0.2) is 0 Å². The molecule has 0 spiro atoms. The van der Waals surface area contributed by atoms with Crippen LogP contribution in [0.1, 0.15) is 32.4 Å². The predicted molar refractivity (Wildman–Crippen MR) is 80.8 cm³/mol. The van der Waals surface area contributed by atoms with Crippen LogP contribution < -0.4 is 10.2 Å². The van der Waals surface area contributed by atoms with Gasteiger partial charge >= 0.3 is 0 Å². The van der Waals surface area contributed by atoms with Crippen LogP contribution in [0.25, 0.3) is 0 Å². The molecule has 2 heterocycles. The van der Waals surface area contributed by atoms with Crippen LogP contribution in [0.15, 0.2) is 12.1 Å². The molecule has 1 aliphatic carbocycles. The Morgan fingerprint density at radius 2 is 1.90 bits per heavy atom. The molecule has 0 aromatic carbocycles. The minimum atomic E-state index is 0.479. The largest absolute Gasteiger partial charge is 0.353 e. The van der Waals surface area contributed by atoms with Crippen LogP contribution in [-0.2, 0) is 6.54 Å². The van der Waals surface area contributed by atoms with Crippen molar-refractivity contribution in [2.24, 2.45) is 0 Å². The molecule has 5 heteroatoms. The molecular formula is C15H25N5. The van der Waals surface area contributed by atoms with E-state index in [-0.39, 0.29) is 0 Å². The highest BCUT2D eigenvalue weighted by atomic mass is 15.3. The van der Waals surface area contributed by atoms with Gasteiger partial charge in [0.1, 0.15) is 0 Å². The SMILES string of the molecule is CC(C)NCc1ccc(N2CCN(C3CC3)CC2)nn1. The fourth-order valence-electron chi connectivity index (χ4n) is 2.68. The quantitative estimate of drug-likeness (QED) is 0.876. The second-order valence-electron chi connectivity index (χ2n) is 6.17. The lowest BCUT2D eigenvalue weighted by atomic mass is 10.3. The lowest BCUT2D eigenvalue weighted by molar-refractivity contribution is 0.247. The van der Waals surface area contributed by atoms with Gasteiger partial charge in [0.2, 0.25) is 0 Å². The second-order valence-corrected chi connectivity index (χ2v) is 6.17. The van der Waals surface area contributed by atoms with Crippen molar-refractivity contribution in [3.8, 4) is 0 Å². The molecule has 0 radical (unpaired) electrons. The lowest BCUT2D eigenvalue weighted by Gasteiger charge is -2.35. The minimum Gasteiger partial charge on any atom is -0.353 e. The summed E-state index contributed by atoms with van der Waals surface area (Å²) in [5.74, 6) is 1.02. The molecule has 1 saturated heterocycles. The maximum Gasteiger partial charge on any atom is 0.151 e. The summed E-state index contributed by atoms with van der Waals surface area (Å²) in [5.41, 5.74) is 1.01. The Hall–Kier alpha value is -1.20. The van der Waals surface area contributed by atoms with Crippen LogP contribution in [0, 0.1) is 0 Å². The highest BCUT2D eigenvalue weighted by Gasteiger charge is 2.31. The van der Waals surface area contributed by atoms with E-state index in [1.165, 1.54) is 25.9 Å². The fourth-order valence-corrected chi connectivity index (χ4v) is 2.68. The average Bonchev–Trinajstić information content (AvgIpc) is 3.31. The number of hydrogen-bond acceptors (Lipinski definition) is 5. The molecule has 2 fully saturated rings. The first-order chi connectivity index (χ1) is 9.72. The van der Waals surface area contributed by atoms with E-state index in [2.05, 4.69) is 51.3 Å². The number of hydrogen-bond donors (Lipinski definition) is 1. The lowest BCUT2D eigenvalue weighted by Crippen LogP contribution is -2.47. The number of nitrogens with one attached hydrogen (secondary N) is 1. The second kappa shape index (κ2) is 6.06. The van der Waals surface area contributed by atoms with Crippen LogP contribution in [0.4, 0.5) is 5.82 Å². The summed E-state index contributed by atoms with van der Waals surface area (Å²) in [4.78, 5) is 4.97. The molecule has 5 nitrogen and oxygen atoms in total. The molecule has 0 atom stereocenters. The van der Waals surface area contributed by atoms with E-state index in [1.54, 1.807) is 0 Å². The Bertz CT molecular complexity index is 418. The minimum absolute atomic E-state index is 0.479. The monoisotopic (exact) mass is 275 g/mol. The zero-order valence-electron chi connectivity index (χ0n) is 12.5. The van der Waals surface area contributed by atoms with E-state index in [1.807, 2.05) is 0 Å². The van der Waals surface area contributed by atoms with Crippen molar-refractivity contribution in [2.45, 2.75) is 45.3 Å². The predicted octanol–water partition coefficient (Wildman–Crippen LogP) is 1.26. The average molecular weight is 275 g/mol. The highest BCUT2D eigenvalue weighted by molar-refractivity contribution is 5.38. The van der Waals surface area contributed by atoms with Crippen molar-refractivity contribution >= 4 is 5.82 Å². The molecule has 1 aliphatic heterocycles. The van der Waals surface area contributed by atoms with Gasteiger partial charge in [0, 0.05) is 44.8 Å². The van der Waals surface area contributed by atoms with E-state index in [9.17, 15) is 0 Å². The van der Waals surface area contributed by atoms with Crippen molar-refractivity contribution in [2.75, 3.05) is 31.1 Å². The molecule has 0 bridgehead atoms. The number of rotatable bonds is 5. The summed E-state index contributed by atoms with van der Waals surface area (Å²) >= 11 is 0. The van der Waals surface area contributed by atoms with Crippen LogP contribution in [0.2, 0.25) is 0 Å². The molecule has 0 amide bonds. The third-order valence-electron chi connectivity index (χ3n) is 4.10. The molecule has 1 aromatic rings. The number of nitrogens with zero attached hydrogens (tertiary/aromatic N) is 4. The van der Waals surface area contributed by atoms with Gasteiger partial charge in [-0.1, -0.05) is 13.8 Å². The molecule has 1 N–H and O–H groups in total. The molecule has 1 aromatic heterocycles. The van der Waals surface area contributed by atoms with E-state index < -0.39 is 0 Å². The zero-order valence-corrected chi connectivity index (χ0v) is 12.5. The normalized spacial score (nSPS) is 20.6. The summed E-state index contributed by atoms with van der Waals surface area (Å²) in [6.07, 6.45) is 2.80. The number of piperazine rings is 1. The maximum absolute atomic E-state index is 4.38. The Kier molecular flexibility index (Phi) is 4.17. The van der Waals surface area contributed by atoms with Gasteiger partial charge in [-0.3, -0.25) is 4.90 Å². The standard InChI is InChI=1S/C15H25N5/c1-12(2)16-11-13-3-6-15(18-17-13)20-9-7-19(8-10-20)14-4-5-14/h3,6,12,14,16H,4-5,7-11H2,1-2H3. The molecule has 1 saturated carbocycles. The third kappa shape index (κ3) is 3.46. The van der Waals surface area contributed by atoms with Crippen molar-refractivity contribution in [3.05, 3.63) is 17.8 Å². The summed E-state index contributed by atoms with van der Waals surface area (Å²) in [5, 5.41) is 12.1. The zero-order chi connectivity index (χ0) is 13.9. The van der Waals surface area contributed by atoms with Crippen molar-refractivity contribution in [1.82, 2.24) is 20.4 Å². The summed E-state index contributed by atoms with van der Waals surface area (Å²) in [6.45, 7) is 9.57. The van der Waals surface area contributed by atoms with Gasteiger partial charge in [-0.2, -0.15) is 5.10 Å². The topological polar surface area (TPSA) is 44.3 Å². The Morgan fingerprint density at radius 1 is 1.15 bits per heavy atom. The van der Waals surface area contributed by atoms with Gasteiger partial charge in [0.15, 0.2) is 5.82 Å². The smallest absolute Gasteiger partial charge is 0.151 e. The van der Waals surface area contributed by atoms with Crippen molar-refractivity contribution in [3.63, 3.8) is 0 Å². The maximum atomic E-state index is 4.38. The van der Waals surface area contributed by atoms with Crippen LogP contribution in [0.5, 0.6) is 0 Å². The summed E-state index contributed by atoms with van der Waals surface area (Å²) < 4.78 is 0. The van der Waals surface area contributed by atoms with Crippen LogP contribution in [0.3, 0.4) is 0 Å². The van der Waals surface area contributed by atoms with Crippen molar-refractivity contribution < 1.29 is 0 Å². The van der Waals surface area contributed by atoms with E-state index in [0.29, 0.717) is 6.04 Å². The Morgan fingerprint density at radius 3 is 2.45 bits per heavy atom. The Labute approximate surface area is 121 Å². The van der Waals surface area contributed by atoms with Crippen molar-refractivity contribution in [1.29, 1.82) is 0 Å². The van der Waals surface area contributed by atoms with Gasteiger partial charge in [-0.15, -0.1) is 5.10 Å². The van der Waals surface area contributed by atoms with E-state index in [0.717, 1.165) is 37.2 Å². The van der Waals surface area contributed by atoms with Gasteiger partial charge < -0.3 is 10.2 Å². The summed E-state index contributed by atoms with van der Waals surface area (Å²) in [7, 11) is 0. The molecule has 110 valence electrons. The fraction of sp³-hybridized carbons (Fsp3) is 0.733. The van der Waals surface area contributed by atoms with E-state index >= 15 is 0 Å². The van der Waals surface area contributed by atoms with Crippen LogP contribution >= 0.6 is 0 Å². The van der Waals surface area contributed by atoms with E-state index in [4.69, 9.17) is 0 Å². The first-order valence-corrected chi connectivity index (χ1v) is 7.77. The highest BCUT2D eigenvalue weighted by Crippen LogP contribution is 2.28. The molecule has 20 heavy (non-hydrogen) atoms. The molecule has 3 rings (SSSR count). The van der Waals surface area contributed by atoms with Crippen LogP contribution in [-0.4, -0.2) is 53.4 Å².